The van der Waals surface area contributed by atoms with Gasteiger partial charge in [0.05, 0.1) is 28.0 Å². The normalized spacial score (nSPS) is 13.7. The largest absolute Gasteiger partial charge is 0.507 e. The Balaban J connectivity index is 1.37. The molecule has 0 spiro atoms. The van der Waals surface area contributed by atoms with Crippen LogP contribution in [0.2, 0.25) is 0 Å². The van der Waals surface area contributed by atoms with Crippen LogP contribution in [0.3, 0.4) is 0 Å². The number of benzene rings is 6. The smallest absolute Gasteiger partial charge is 0.149 e. The summed E-state index contributed by atoms with van der Waals surface area (Å²) in [6.07, 6.45) is 1.85. The van der Waals surface area contributed by atoms with Crippen LogP contribution in [-0.4, -0.2) is 19.6 Å². The van der Waals surface area contributed by atoms with Gasteiger partial charge < -0.3 is 5.11 Å². The molecule has 0 fully saturated rings. The first kappa shape index (κ1) is 39.3. The zero-order valence-corrected chi connectivity index (χ0v) is 39.9. The molecule has 0 aliphatic carbocycles. The topological polar surface area (TPSA) is 50.9 Å². The number of hydrogen-bond acceptors (Lipinski definition) is 3. The number of rotatable bonds is 7. The van der Waals surface area contributed by atoms with Crippen molar-refractivity contribution in [2.24, 2.45) is 0 Å². The van der Waals surface area contributed by atoms with Gasteiger partial charge in [-0.3, -0.25) is 9.55 Å². The van der Waals surface area contributed by atoms with E-state index in [4.69, 9.17) is 15.5 Å². The summed E-state index contributed by atoms with van der Waals surface area (Å²) < 4.78 is 37.6. The number of phenols is 1. The van der Waals surface area contributed by atoms with Gasteiger partial charge in [0.15, 0.2) is 0 Å². The van der Waals surface area contributed by atoms with Crippen LogP contribution in [0, 0.1) is 20.7 Å². The molecule has 0 atom stereocenters. The van der Waals surface area contributed by atoms with Crippen molar-refractivity contribution in [2.75, 3.05) is 0 Å². The van der Waals surface area contributed by atoms with E-state index in [0.717, 1.165) is 61.3 Å². The van der Waals surface area contributed by atoms with E-state index in [-0.39, 0.29) is 27.6 Å². The molecule has 0 bridgehead atoms. The Labute approximate surface area is 387 Å². The SMILES string of the molecule is [2H]C([2H])([2H])c1cc(-c2cc(C(C)(C)C)cc(C(C)(C)C)c2)ccc1-n1c(-c2cc(C)cc(C)c2O)nc2c(-c3cc(-c4cc(-c5ccc(C([2H])(C)C)cc5)ccn4)cc(C(C)(C)C)c3)cccc21. The highest BCUT2D eigenvalue weighted by molar-refractivity contribution is 5.97. The molecule has 0 saturated carbocycles. The zero-order chi connectivity index (χ0) is 49.5. The maximum atomic E-state index is 11.8. The summed E-state index contributed by atoms with van der Waals surface area (Å²) in [5, 5.41) is 11.8. The summed E-state index contributed by atoms with van der Waals surface area (Å²) in [6, 6.07) is 41.2. The lowest BCUT2D eigenvalue weighted by atomic mass is 9.79. The number of phenolic OH excluding ortho intramolecular Hbond substituents is 1. The second-order valence-electron chi connectivity index (χ2n) is 21.0. The molecule has 0 saturated heterocycles. The average molecular weight is 848 g/mol. The fourth-order valence-electron chi connectivity index (χ4n) is 8.59. The Hall–Kier alpha value is -6.26. The lowest BCUT2D eigenvalue weighted by molar-refractivity contribution is 0.472. The third kappa shape index (κ3) is 8.68. The standard InChI is InChI=1S/C60H65N3O/c1-36(2)40-18-20-41(21-19-40)43-24-25-61-52(34-43)46-29-45(32-47(33-46)58(6,7)8)50-16-15-17-54-55(50)62-57(51-27-37(3)26-39(5)56(51)64)63(54)53-23-22-42(28-38(53)4)44-30-48(59(9,10)11)35-49(31-44)60(12,13)14/h15-36,64H,1-14H3/i4D3,36D. The Bertz CT molecular complexity index is 3190. The number of aromatic nitrogens is 3. The number of hydrogen-bond donors (Lipinski definition) is 1. The predicted octanol–water partition coefficient (Wildman–Crippen LogP) is 16.4. The van der Waals surface area contributed by atoms with Crippen molar-refractivity contribution in [3.63, 3.8) is 0 Å². The van der Waals surface area contributed by atoms with Crippen LogP contribution in [0.5, 0.6) is 5.75 Å². The van der Waals surface area contributed by atoms with Crippen LogP contribution in [0.15, 0.2) is 128 Å². The highest BCUT2D eigenvalue weighted by Crippen LogP contribution is 2.42. The molecule has 0 amide bonds. The number of para-hydroxylation sites is 1. The van der Waals surface area contributed by atoms with Gasteiger partial charge in [0.25, 0.3) is 0 Å². The molecular formula is C60H65N3O. The maximum absolute atomic E-state index is 11.8. The first-order chi connectivity index (χ1) is 31.6. The number of aryl methyl sites for hydroxylation is 3. The Morgan fingerprint density at radius 3 is 1.83 bits per heavy atom. The second kappa shape index (κ2) is 16.4. The Kier molecular flexibility index (Phi) is 10.1. The van der Waals surface area contributed by atoms with Gasteiger partial charge in [0, 0.05) is 22.8 Å². The van der Waals surface area contributed by atoms with Gasteiger partial charge in [-0.2, -0.15) is 0 Å². The van der Waals surface area contributed by atoms with Gasteiger partial charge in [0.2, 0.25) is 0 Å². The number of fused-ring (bicyclic) bond motifs is 1. The van der Waals surface area contributed by atoms with Gasteiger partial charge in [-0.05, 0) is 158 Å². The van der Waals surface area contributed by atoms with Crippen molar-refractivity contribution in [3.8, 4) is 67.5 Å². The Morgan fingerprint density at radius 1 is 0.578 bits per heavy atom. The lowest BCUT2D eigenvalue weighted by Crippen LogP contribution is -2.16. The van der Waals surface area contributed by atoms with E-state index in [1.807, 2.05) is 99.1 Å². The molecule has 4 nitrogen and oxygen atoms in total. The number of aromatic hydroxyl groups is 1. The summed E-state index contributed by atoms with van der Waals surface area (Å²) in [7, 11) is 0. The summed E-state index contributed by atoms with van der Waals surface area (Å²) in [5.41, 5.74) is 15.6. The molecule has 8 aromatic rings. The summed E-state index contributed by atoms with van der Waals surface area (Å²) in [6.45, 7) is 25.0. The van der Waals surface area contributed by atoms with Crippen molar-refractivity contribution in [1.82, 2.24) is 14.5 Å². The molecule has 6 aromatic carbocycles. The molecule has 4 heteroatoms. The van der Waals surface area contributed by atoms with Gasteiger partial charge in [-0.1, -0.05) is 149 Å². The van der Waals surface area contributed by atoms with E-state index in [1.165, 1.54) is 11.1 Å². The minimum Gasteiger partial charge on any atom is -0.507 e. The van der Waals surface area contributed by atoms with Gasteiger partial charge in [-0.15, -0.1) is 0 Å². The first-order valence-corrected chi connectivity index (χ1v) is 22.4. The Morgan fingerprint density at radius 2 is 1.19 bits per heavy atom. The second-order valence-corrected chi connectivity index (χ2v) is 21.0. The molecule has 0 aliphatic heterocycles. The van der Waals surface area contributed by atoms with Gasteiger partial charge >= 0.3 is 0 Å². The lowest BCUT2D eigenvalue weighted by Gasteiger charge is -2.26. The number of imidazole rings is 1. The van der Waals surface area contributed by atoms with Crippen molar-refractivity contribution in [2.45, 2.75) is 119 Å². The molecule has 0 unspecified atom stereocenters. The third-order valence-corrected chi connectivity index (χ3v) is 12.6. The fourth-order valence-corrected chi connectivity index (χ4v) is 8.59. The molecular weight excluding hydrogens is 779 g/mol. The highest BCUT2D eigenvalue weighted by Gasteiger charge is 2.25. The summed E-state index contributed by atoms with van der Waals surface area (Å²) in [5.74, 6) is -0.153. The average Bonchev–Trinajstić information content (AvgIpc) is 3.65. The van der Waals surface area contributed by atoms with E-state index in [1.54, 1.807) is 0 Å². The molecule has 0 aliphatic rings. The van der Waals surface area contributed by atoms with Crippen LogP contribution in [0.4, 0.5) is 0 Å². The van der Waals surface area contributed by atoms with Gasteiger partial charge in [0.1, 0.15) is 11.6 Å². The fraction of sp³-hybridized carbons (Fsp3) is 0.300. The zero-order valence-electron chi connectivity index (χ0n) is 43.9. The number of pyridine rings is 1. The van der Waals surface area contributed by atoms with Crippen molar-refractivity contribution in [3.05, 3.63) is 166 Å². The first-order valence-electron chi connectivity index (χ1n) is 24.4. The van der Waals surface area contributed by atoms with Crippen molar-refractivity contribution in [1.29, 1.82) is 0 Å². The summed E-state index contributed by atoms with van der Waals surface area (Å²) in [4.78, 5) is 10.3. The van der Waals surface area contributed by atoms with Crippen LogP contribution in [0.1, 0.15) is 126 Å². The minimum absolute atomic E-state index is 0.0930. The maximum Gasteiger partial charge on any atom is 0.149 e. The monoisotopic (exact) mass is 848 g/mol. The van der Waals surface area contributed by atoms with Crippen molar-refractivity contribution < 1.29 is 10.6 Å². The van der Waals surface area contributed by atoms with Crippen LogP contribution in [-0.2, 0) is 16.2 Å². The van der Waals surface area contributed by atoms with Crippen LogP contribution < -0.4 is 0 Å². The van der Waals surface area contributed by atoms with E-state index in [0.29, 0.717) is 33.7 Å². The predicted molar refractivity (Wildman–Crippen MR) is 272 cm³/mol. The molecule has 2 heterocycles. The molecule has 8 rings (SSSR count). The van der Waals surface area contributed by atoms with E-state index in [2.05, 4.69) is 123 Å². The molecule has 0 radical (unpaired) electrons. The quantitative estimate of drug-likeness (QED) is 0.174. The van der Waals surface area contributed by atoms with E-state index in [9.17, 15) is 5.11 Å². The van der Waals surface area contributed by atoms with E-state index >= 15 is 0 Å². The van der Waals surface area contributed by atoms with Crippen molar-refractivity contribution >= 4 is 11.0 Å². The molecule has 1 N–H and O–H groups in total. The third-order valence-electron chi connectivity index (χ3n) is 12.6. The molecule has 2 aromatic heterocycles. The highest BCUT2D eigenvalue weighted by atomic mass is 16.3. The van der Waals surface area contributed by atoms with Crippen LogP contribution >= 0.6 is 0 Å². The molecule has 326 valence electrons. The number of nitrogens with zero attached hydrogens (tertiary/aromatic N) is 3. The van der Waals surface area contributed by atoms with Crippen LogP contribution in [0.25, 0.3) is 72.7 Å². The van der Waals surface area contributed by atoms with Gasteiger partial charge in [-0.25, -0.2) is 4.98 Å². The summed E-state index contributed by atoms with van der Waals surface area (Å²) >= 11 is 0. The van der Waals surface area contributed by atoms with E-state index < -0.39 is 12.7 Å². The minimum atomic E-state index is -2.51. The molecule has 64 heavy (non-hydrogen) atoms.